The van der Waals surface area contributed by atoms with E-state index in [9.17, 15) is 4.79 Å². The summed E-state index contributed by atoms with van der Waals surface area (Å²) < 4.78 is 6.54. The van der Waals surface area contributed by atoms with Crippen molar-refractivity contribution < 1.29 is 9.53 Å². The summed E-state index contributed by atoms with van der Waals surface area (Å²) >= 11 is 0. The molecule has 2 heterocycles. The molecule has 18 heavy (non-hydrogen) atoms. The third-order valence-corrected chi connectivity index (χ3v) is 2.32. The normalized spacial score (nSPS) is 10.3. The number of carbonyl (C=O) groups excluding carboxylic acids is 1. The van der Waals surface area contributed by atoms with E-state index in [2.05, 4.69) is 15.1 Å². The van der Waals surface area contributed by atoms with Crippen molar-refractivity contribution >= 4 is 5.97 Å². The predicted octanol–water partition coefficient (Wildman–Crippen LogP) is 0.983. The number of nitrogens with zero attached hydrogens (tertiary/aromatic N) is 4. The number of hydrogen-bond acceptors (Lipinski definition) is 5. The molecule has 0 unspecified atom stereocenters. The van der Waals surface area contributed by atoms with Gasteiger partial charge in [-0.1, -0.05) is 0 Å². The maximum Gasteiger partial charge on any atom is 0.313 e. The Balaban J connectivity index is 2.08. The summed E-state index contributed by atoms with van der Waals surface area (Å²) in [7, 11) is 1.85. The molecule has 0 spiro atoms. The summed E-state index contributed by atoms with van der Waals surface area (Å²) in [6.45, 7) is 2.13. The summed E-state index contributed by atoms with van der Waals surface area (Å²) in [5.41, 5.74) is 1.63. The lowest BCUT2D eigenvalue weighted by molar-refractivity contribution is -0.142. The van der Waals surface area contributed by atoms with Gasteiger partial charge >= 0.3 is 5.97 Å². The van der Waals surface area contributed by atoms with Gasteiger partial charge in [0.2, 0.25) is 0 Å². The molecular weight excluding hydrogens is 232 g/mol. The lowest BCUT2D eigenvalue weighted by Gasteiger charge is -2.01. The Morgan fingerprint density at radius 3 is 2.67 bits per heavy atom. The number of carbonyl (C=O) groups is 1. The predicted molar refractivity (Wildman–Crippen MR) is 64.6 cm³/mol. The van der Waals surface area contributed by atoms with E-state index in [0.29, 0.717) is 12.4 Å². The minimum Gasteiger partial charge on any atom is -0.466 e. The number of rotatable bonds is 4. The van der Waals surface area contributed by atoms with Crippen LogP contribution in [-0.2, 0) is 23.0 Å². The molecule has 2 aromatic heterocycles. The first-order valence-corrected chi connectivity index (χ1v) is 5.65. The van der Waals surface area contributed by atoms with Crippen molar-refractivity contribution in [3.8, 4) is 11.3 Å². The summed E-state index contributed by atoms with van der Waals surface area (Å²) in [5.74, 6) is 0.135. The van der Waals surface area contributed by atoms with Crippen molar-refractivity contribution in [3.63, 3.8) is 0 Å². The molecule has 0 aliphatic carbocycles. The van der Waals surface area contributed by atoms with Gasteiger partial charge in [0.1, 0.15) is 12.2 Å². The quantitative estimate of drug-likeness (QED) is 0.752. The fourth-order valence-electron chi connectivity index (χ4n) is 1.49. The van der Waals surface area contributed by atoms with E-state index in [0.717, 1.165) is 11.3 Å². The van der Waals surface area contributed by atoms with Gasteiger partial charge in [-0.05, 0) is 13.0 Å². The fraction of sp³-hybridized carbons (Fsp3) is 0.333. The highest BCUT2D eigenvalue weighted by atomic mass is 16.5. The van der Waals surface area contributed by atoms with Crippen molar-refractivity contribution in [1.29, 1.82) is 0 Å². The van der Waals surface area contributed by atoms with Crippen molar-refractivity contribution in [2.75, 3.05) is 6.61 Å². The third kappa shape index (κ3) is 2.91. The lowest BCUT2D eigenvalue weighted by Crippen LogP contribution is -2.10. The van der Waals surface area contributed by atoms with Crippen LogP contribution in [0.3, 0.4) is 0 Å². The summed E-state index contributed by atoms with van der Waals surface area (Å²) in [5, 5.41) is 4.25. The average molecular weight is 246 g/mol. The largest absolute Gasteiger partial charge is 0.466 e. The molecule has 0 fully saturated rings. The van der Waals surface area contributed by atoms with Gasteiger partial charge in [0.25, 0.3) is 0 Å². The molecule has 0 saturated heterocycles. The Bertz CT molecular complexity index is 533. The lowest BCUT2D eigenvalue weighted by atomic mass is 10.2. The van der Waals surface area contributed by atoms with Crippen LogP contribution in [0.15, 0.2) is 24.7 Å². The highest BCUT2D eigenvalue weighted by Crippen LogP contribution is 2.13. The van der Waals surface area contributed by atoms with Gasteiger partial charge in [-0.15, -0.1) is 0 Å². The molecule has 0 radical (unpaired) electrons. The molecule has 2 aromatic rings. The highest BCUT2D eigenvalue weighted by molar-refractivity contribution is 5.71. The van der Waals surface area contributed by atoms with Crippen LogP contribution in [0.1, 0.15) is 12.7 Å². The molecule has 0 bridgehead atoms. The number of esters is 1. The second-order valence-electron chi connectivity index (χ2n) is 3.74. The Kier molecular flexibility index (Phi) is 3.66. The maximum absolute atomic E-state index is 11.3. The van der Waals surface area contributed by atoms with Gasteiger partial charge in [-0.25, -0.2) is 9.97 Å². The molecule has 0 aliphatic rings. The Morgan fingerprint density at radius 2 is 2.11 bits per heavy atom. The van der Waals surface area contributed by atoms with E-state index in [4.69, 9.17) is 4.74 Å². The molecule has 0 amide bonds. The van der Waals surface area contributed by atoms with Crippen LogP contribution >= 0.6 is 0 Å². The molecule has 0 aromatic carbocycles. The zero-order chi connectivity index (χ0) is 13.0. The van der Waals surface area contributed by atoms with Gasteiger partial charge in [0.05, 0.1) is 12.3 Å². The topological polar surface area (TPSA) is 69.9 Å². The zero-order valence-corrected chi connectivity index (χ0v) is 10.3. The summed E-state index contributed by atoms with van der Waals surface area (Å²) in [6, 6.07) is 1.88. The number of ether oxygens (including phenoxy) is 1. The molecule has 0 atom stereocenters. The Morgan fingerprint density at radius 1 is 1.39 bits per heavy atom. The molecule has 2 rings (SSSR count). The Hall–Kier alpha value is -2.24. The van der Waals surface area contributed by atoms with Gasteiger partial charge < -0.3 is 4.74 Å². The van der Waals surface area contributed by atoms with Crippen LogP contribution in [0.5, 0.6) is 0 Å². The Labute approximate surface area is 105 Å². The third-order valence-electron chi connectivity index (χ3n) is 2.32. The van der Waals surface area contributed by atoms with Crippen LogP contribution in [0, 0.1) is 0 Å². The second-order valence-corrected chi connectivity index (χ2v) is 3.74. The van der Waals surface area contributed by atoms with Crippen LogP contribution in [0.4, 0.5) is 0 Å². The molecule has 6 heteroatoms. The van der Waals surface area contributed by atoms with E-state index in [1.54, 1.807) is 24.0 Å². The van der Waals surface area contributed by atoms with Gasteiger partial charge in [0, 0.05) is 31.2 Å². The monoisotopic (exact) mass is 246 g/mol. The van der Waals surface area contributed by atoms with Crippen molar-refractivity contribution in [2.24, 2.45) is 7.05 Å². The van der Waals surface area contributed by atoms with Crippen LogP contribution in [0.25, 0.3) is 11.3 Å². The minimum atomic E-state index is -0.317. The highest BCUT2D eigenvalue weighted by Gasteiger charge is 2.08. The molecule has 0 aliphatic heterocycles. The molecule has 6 nitrogen and oxygen atoms in total. The average Bonchev–Trinajstić information content (AvgIpc) is 2.77. The molecule has 0 saturated carbocycles. The molecular formula is C12H14N4O2. The van der Waals surface area contributed by atoms with Crippen LogP contribution < -0.4 is 0 Å². The molecule has 0 N–H and O–H groups in total. The van der Waals surface area contributed by atoms with E-state index < -0.39 is 0 Å². The maximum atomic E-state index is 11.3. The SMILES string of the molecule is CCOC(=O)Cc1ncc(-c2ccn(C)n2)cn1. The van der Waals surface area contributed by atoms with Crippen molar-refractivity contribution in [2.45, 2.75) is 13.3 Å². The van der Waals surface area contributed by atoms with Crippen LogP contribution in [0.2, 0.25) is 0 Å². The zero-order valence-electron chi connectivity index (χ0n) is 10.3. The van der Waals surface area contributed by atoms with Crippen molar-refractivity contribution in [3.05, 3.63) is 30.5 Å². The van der Waals surface area contributed by atoms with Crippen molar-refractivity contribution in [1.82, 2.24) is 19.7 Å². The van der Waals surface area contributed by atoms with E-state index in [1.165, 1.54) is 0 Å². The number of hydrogen-bond donors (Lipinski definition) is 0. The summed E-state index contributed by atoms with van der Waals surface area (Å²) in [4.78, 5) is 19.5. The van der Waals surface area contributed by atoms with E-state index in [1.807, 2.05) is 19.3 Å². The standard InChI is InChI=1S/C12H14N4O2/c1-3-18-12(17)6-11-13-7-9(8-14-11)10-4-5-16(2)15-10/h4-5,7-8H,3,6H2,1-2H3. The first-order chi connectivity index (χ1) is 8.69. The smallest absolute Gasteiger partial charge is 0.313 e. The van der Waals surface area contributed by atoms with Gasteiger partial charge in [0.15, 0.2) is 0 Å². The van der Waals surface area contributed by atoms with Crippen LogP contribution in [-0.4, -0.2) is 32.3 Å². The fourth-order valence-corrected chi connectivity index (χ4v) is 1.49. The van der Waals surface area contributed by atoms with E-state index in [-0.39, 0.29) is 12.4 Å². The first kappa shape index (κ1) is 12.2. The van der Waals surface area contributed by atoms with Gasteiger partial charge in [-0.2, -0.15) is 5.10 Å². The first-order valence-electron chi connectivity index (χ1n) is 5.65. The number of aromatic nitrogens is 4. The second kappa shape index (κ2) is 5.39. The summed E-state index contributed by atoms with van der Waals surface area (Å²) in [6.07, 6.45) is 5.26. The molecule has 94 valence electrons. The van der Waals surface area contributed by atoms with Gasteiger partial charge in [-0.3, -0.25) is 9.48 Å². The van der Waals surface area contributed by atoms with E-state index >= 15 is 0 Å². The minimum absolute atomic E-state index is 0.0936. The number of aryl methyl sites for hydroxylation is 1.